The van der Waals surface area contributed by atoms with Gasteiger partial charge in [0, 0.05) is 26.6 Å². The van der Waals surface area contributed by atoms with Gasteiger partial charge in [-0.3, -0.25) is 9.59 Å². The molecule has 0 bridgehead atoms. The first kappa shape index (κ1) is 14.0. The van der Waals surface area contributed by atoms with Crippen molar-refractivity contribution in [2.24, 2.45) is 5.41 Å². The van der Waals surface area contributed by atoms with E-state index in [1.807, 2.05) is 6.92 Å². The minimum Gasteiger partial charge on any atom is -0.481 e. The number of carboxylic acids is 1. The number of rotatable bonds is 6. The molecule has 1 atom stereocenters. The van der Waals surface area contributed by atoms with Crippen molar-refractivity contribution >= 4 is 11.9 Å². The third kappa shape index (κ3) is 3.43. The van der Waals surface area contributed by atoms with Crippen LogP contribution in [0, 0.1) is 5.41 Å². The summed E-state index contributed by atoms with van der Waals surface area (Å²) in [6.45, 7) is 4.19. The van der Waals surface area contributed by atoms with Gasteiger partial charge in [0.05, 0.1) is 5.41 Å². The van der Waals surface area contributed by atoms with E-state index in [0.29, 0.717) is 13.0 Å². The number of amides is 1. The Balaban J connectivity index is 2.47. The minimum absolute atomic E-state index is 0.120. The van der Waals surface area contributed by atoms with Gasteiger partial charge in [0.2, 0.25) is 5.91 Å². The lowest BCUT2D eigenvalue weighted by Gasteiger charge is -2.30. The molecule has 0 aromatic heterocycles. The first-order valence-corrected chi connectivity index (χ1v) is 6.20. The van der Waals surface area contributed by atoms with Crippen molar-refractivity contribution in [3.63, 3.8) is 0 Å². The zero-order valence-electron chi connectivity index (χ0n) is 10.7. The monoisotopic (exact) mass is 242 g/mol. The molecule has 0 radical (unpaired) electrons. The highest BCUT2D eigenvalue weighted by atomic mass is 16.4. The van der Waals surface area contributed by atoms with E-state index in [-0.39, 0.29) is 17.7 Å². The maximum Gasteiger partial charge on any atom is 0.303 e. The van der Waals surface area contributed by atoms with Crippen LogP contribution >= 0.6 is 0 Å². The number of nitrogens with one attached hydrogen (secondary N) is 1. The molecule has 0 spiro atoms. The number of hydrogen-bond acceptors (Lipinski definition) is 3. The Labute approximate surface area is 102 Å². The molecule has 1 amide bonds. The topological polar surface area (TPSA) is 69.6 Å². The van der Waals surface area contributed by atoms with Crippen LogP contribution in [0.1, 0.15) is 32.6 Å². The van der Waals surface area contributed by atoms with E-state index >= 15 is 0 Å². The number of nitrogens with zero attached hydrogens (tertiary/aromatic N) is 1. The van der Waals surface area contributed by atoms with E-state index < -0.39 is 5.97 Å². The van der Waals surface area contributed by atoms with Gasteiger partial charge in [-0.1, -0.05) is 6.92 Å². The molecule has 1 fully saturated rings. The lowest BCUT2D eigenvalue weighted by atomic mass is 9.83. The van der Waals surface area contributed by atoms with Gasteiger partial charge in [0.1, 0.15) is 0 Å². The summed E-state index contributed by atoms with van der Waals surface area (Å²) in [4.78, 5) is 24.4. The van der Waals surface area contributed by atoms with Crippen LogP contribution in [-0.2, 0) is 9.59 Å². The van der Waals surface area contributed by atoms with Crippen LogP contribution in [0.3, 0.4) is 0 Å². The Hall–Kier alpha value is -1.10. The van der Waals surface area contributed by atoms with Crippen molar-refractivity contribution in [3.05, 3.63) is 0 Å². The average Bonchev–Trinajstić information content (AvgIpc) is 2.77. The Morgan fingerprint density at radius 3 is 2.65 bits per heavy atom. The summed E-state index contributed by atoms with van der Waals surface area (Å²) in [6.07, 6.45) is 2.35. The maximum absolute atomic E-state index is 12.3. The van der Waals surface area contributed by atoms with Crippen molar-refractivity contribution in [3.8, 4) is 0 Å². The molecule has 0 aromatic rings. The summed E-state index contributed by atoms with van der Waals surface area (Å²) < 4.78 is 0. The molecule has 5 heteroatoms. The van der Waals surface area contributed by atoms with Gasteiger partial charge in [-0.25, -0.2) is 0 Å². The van der Waals surface area contributed by atoms with Gasteiger partial charge in [0.25, 0.3) is 0 Å². The van der Waals surface area contributed by atoms with Gasteiger partial charge in [-0.2, -0.15) is 0 Å². The van der Waals surface area contributed by atoms with Crippen molar-refractivity contribution in [1.82, 2.24) is 10.2 Å². The maximum atomic E-state index is 12.3. The number of carbonyl (C=O) groups is 2. The normalized spacial score (nSPS) is 23.6. The molecule has 0 aliphatic carbocycles. The molecule has 1 aliphatic heterocycles. The number of hydrogen-bond donors (Lipinski definition) is 2. The van der Waals surface area contributed by atoms with Crippen molar-refractivity contribution in [2.75, 3.05) is 26.7 Å². The number of carbonyl (C=O) groups excluding carboxylic acids is 1. The molecule has 2 N–H and O–H groups in total. The average molecular weight is 242 g/mol. The van der Waals surface area contributed by atoms with E-state index in [1.165, 1.54) is 0 Å². The summed E-state index contributed by atoms with van der Waals surface area (Å²) in [7, 11) is 1.76. The van der Waals surface area contributed by atoms with E-state index in [9.17, 15) is 9.59 Å². The van der Waals surface area contributed by atoms with Gasteiger partial charge >= 0.3 is 5.97 Å². The Morgan fingerprint density at radius 2 is 2.18 bits per heavy atom. The van der Waals surface area contributed by atoms with Crippen LogP contribution < -0.4 is 5.32 Å². The SMILES string of the molecule is CCC1(C(=O)N(C)CCCC(=O)O)CCNC1. The Bertz CT molecular complexity index is 285. The van der Waals surface area contributed by atoms with E-state index in [4.69, 9.17) is 5.11 Å². The second-order valence-electron chi connectivity index (χ2n) is 4.78. The highest BCUT2D eigenvalue weighted by Gasteiger charge is 2.40. The predicted molar refractivity (Wildman–Crippen MR) is 64.7 cm³/mol. The molecule has 1 aliphatic rings. The highest BCUT2D eigenvalue weighted by Crippen LogP contribution is 2.31. The van der Waals surface area contributed by atoms with Crippen LogP contribution in [0.5, 0.6) is 0 Å². The fraction of sp³-hybridized carbons (Fsp3) is 0.833. The molecule has 98 valence electrons. The third-order valence-electron chi connectivity index (χ3n) is 3.61. The summed E-state index contributed by atoms with van der Waals surface area (Å²) in [5, 5.41) is 11.8. The quantitative estimate of drug-likeness (QED) is 0.719. The molecule has 5 nitrogen and oxygen atoms in total. The largest absolute Gasteiger partial charge is 0.481 e. The van der Waals surface area contributed by atoms with Crippen molar-refractivity contribution in [1.29, 1.82) is 0 Å². The Kier molecular flexibility index (Phi) is 4.93. The van der Waals surface area contributed by atoms with E-state index in [1.54, 1.807) is 11.9 Å². The minimum atomic E-state index is -0.807. The van der Waals surface area contributed by atoms with Crippen LogP contribution in [0.4, 0.5) is 0 Å². The fourth-order valence-electron chi connectivity index (χ4n) is 2.35. The fourth-order valence-corrected chi connectivity index (χ4v) is 2.35. The first-order chi connectivity index (χ1) is 8.02. The van der Waals surface area contributed by atoms with Crippen LogP contribution in [0.25, 0.3) is 0 Å². The van der Waals surface area contributed by atoms with E-state index in [0.717, 1.165) is 25.9 Å². The van der Waals surface area contributed by atoms with Crippen LogP contribution in [-0.4, -0.2) is 48.6 Å². The smallest absolute Gasteiger partial charge is 0.303 e. The van der Waals surface area contributed by atoms with E-state index in [2.05, 4.69) is 5.32 Å². The molecule has 1 heterocycles. The zero-order chi connectivity index (χ0) is 12.9. The molecule has 17 heavy (non-hydrogen) atoms. The Morgan fingerprint density at radius 1 is 1.47 bits per heavy atom. The van der Waals surface area contributed by atoms with Gasteiger partial charge < -0.3 is 15.3 Å². The number of carboxylic acid groups (broad SMARTS) is 1. The zero-order valence-corrected chi connectivity index (χ0v) is 10.7. The van der Waals surface area contributed by atoms with Crippen molar-refractivity contribution < 1.29 is 14.7 Å². The van der Waals surface area contributed by atoms with Gasteiger partial charge in [0.15, 0.2) is 0 Å². The molecule has 1 saturated heterocycles. The standard InChI is InChI=1S/C12H22N2O3/c1-3-12(6-7-13-9-12)11(17)14(2)8-4-5-10(15)16/h13H,3-9H2,1-2H3,(H,15,16). The molecule has 1 unspecified atom stereocenters. The summed E-state index contributed by atoms with van der Waals surface area (Å²) in [5.74, 6) is -0.658. The highest BCUT2D eigenvalue weighted by molar-refractivity contribution is 5.83. The predicted octanol–water partition coefficient (Wildman–Crippen LogP) is 0.699. The van der Waals surface area contributed by atoms with Crippen molar-refractivity contribution in [2.45, 2.75) is 32.6 Å². The number of aliphatic carboxylic acids is 1. The first-order valence-electron chi connectivity index (χ1n) is 6.20. The third-order valence-corrected chi connectivity index (χ3v) is 3.61. The van der Waals surface area contributed by atoms with Gasteiger partial charge in [-0.15, -0.1) is 0 Å². The molecule has 0 aromatic carbocycles. The summed E-state index contributed by atoms with van der Waals surface area (Å²) >= 11 is 0. The molecule has 0 saturated carbocycles. The molecular weight excluding hydrogens is 220 g/mol. The van der Waals surface area contributed by atoms with Gasteiger partial charge in [-0.05, 0) is 25.8 Å². The lowest BCUT2D eigenvalue weighted by molar-refractivity contribution is -0.141. The summed E-state index contributed by atoms with van der Waals surface area (Å²) in [6, 6.07) is 0. The molecule has 1 rings (SSSR count). The second-order valence-corrected chi connectivity index (χ2v) is 4.78. The second kappa shape index (κ2) is 6.00. The summed E-state index contributed by atoms with van der Waals surface area (Å²) in [5.41, 5.74) is -0.266. The molecular formula is C12H22N2O3. The van der Waals surface area contributed by atoms with Crippen LogP contribution in [0.2, 0.25) is 0 Å². The van der Waals surface area contributed by atoms with Crippen LogP contribution in [0.15, 0.2) is 0 Å². The lowest BCUT2D eigenvalue weighted by Crippen LogP contribution is -2.43.